The summed E-state index contributed by atoms with van der Waals surface area (Å²) in [5.41, 5.74) is 4.73. The van der Waals surface area contributed by atoms with E-state index in [1.54, 1.807) is 16.5 Å². The molecule has 2 aromatic carbocycles. The molecule has 2 aromatic heterocycles. The van der Waals surface area contributed by atoms with Crippen LogP contribution >= 0.6 is 11.3 Å². The van der Waals surface area contributed by atoms with Gasteiger partial charge in [0, 0.05) is 35.4 Å². The maximum Gasteiger partial charge on any atom is 0.254 e. The maximum absolute atomic E-state index is 12.8. The summed E-state index contributed by atoms with van der Waals surface area (Å²) in [4.78, 5) is 33.8. The summed E-state index contributed by atoms with van der Waals surface area (Å²) >= 11 is 1.35. The maximum atomic E-state index is 12.8. The standard InChI is InChI=1S/C21H16N4O2S/c26-19(24-21-23-7-8-28-21)12-25-11-16-2-1-14(10-17(16)20(25)27)13-3-4-18-15(9-13)5-6-22-18/h1-10,22H,11-12H2,(H,23,24,26). The number of benzene rings is 2. The van der Waals surface area contributed by atoms with Crippen molar-refractivity contribution in [3.8, 4) is 11.1 Å². The second-order valence-electron chi connectivity index (χ2n) is 6.70. The van der Waals surface area contributed by atoms with E-state index in [1.807, 2.05) is 42.6 Å². The third-order valence-electron chi connectivity index (χ3n) is 4.89. The van der Waals surface area contributed by atoms with Gasteiger partial charge >= 0.3 is 0 Å². The lowest BCUT2D eigenvalue weighted by atomic mass is 9.99. The van der Waals surface area contributed by atoms with E-state index in [2.05, 4.69) is 21.4 Å². The van der Waals surface area contributed by atoms with Gasteiger partial charge in [-0.1, -0.05) is 18.2 Å². The molecule has 7 heteroatoms. The van der Waals surface area contributed by atoms with E-state index >= 15 is 0 Å². The van der Waals surface area contributed by atoms with Gasteiger partial charge in [-0.25, -0.2) is 4.98 Å². The highest BCUT2D eigenvalue weighted by Gasteiger charge is 2.29. The highest BCUT2D eigenvalue weighted by molar-refractivity contribution is 7.13. The van der Waals surface area contributed by atoms with Crippen LogP contribution in [0.2, 0.25) is 0 Å². The van der Waals surface area contributed by atoms with Gasteiger partial charge in [0.2, 0.25) is 5.91 Å². The third kappa shape index (κ3) is 2.95. The van der Waals surface area contributed by atoms with E-state index in [0.717, 1.165) is 27.6 Å². The summed E-state index contributed by atoms with van der Waals surface area (Å²) in [5.74, 6) is -0.358. The molecule has 0 bridgehead atoms. The molecule has 6 nitrogen and oxygen atoms in total. The van der Waals surface area contributed by atoms with Gasteiger partial charge in [0.15, 0.2) is 5.13 Å². The highest BCUT2D eigenvalue weighted by atomic mass is 32.1. The largest absolute Gasteiger partial charge is 0.361 e. The van der Waals surface area contributed by atoms with E-state index < -0.39 is 0 Å². The molecule has 0 radical (unpaired) electrons. The van der Waals surface area contributed by atoms with Gasteiger partial charge in [0.25, 0.3) is 5.91 Å². The van der Waals surface area contributed by atoms with Crippen molar-refractivity contribution in [3.05, 3.63) is 71.4 Å². The monoisotopic (exact) mass is 388 g/mol. The molecular weight excluding hydrogens is 372 g/mol. The molecular formula is C21H16N4O2S. The zero-order chi connectivity index (χ0) is 19.1. The van der Waals surface area contributed by atoms with Crippen molar-refractivity contribution in [2.75, 3.05) is 11.9 Å². The van der Waals surface area contributed by atoms with Crippen LogP contribution in [0.1, 0.15) is 15.9 Å². The molecule has 0 aliphatic carbocycles. The predicted molar refractivity (Wildman–Crippen MR) is 109 cm³/mol. The Balaban J connectivity index is 1.36. The Bertz CT molecular complexity index is 1200. The van der Waals surface area contributed by atoms with Crippen LogP contribution in [0.15, 0.2) is 60.2 Å². The topological polar surface area (TPSA) is 78.1 Å². The lowest BCUT2D eigenvalue weighted by molar-refractivity contribution is -0.116. The van der Waals surface area contributed by atoms with Crippen LogP contribution in [-0.4, -0.2) is 33.2 Å². The lowest BCUT2D eigenvalue weighted by Crippen LogP contribution is -2.33. The van der Waals surface area contributed by atoms with Crippen molar-refractivity contribution in [2.45, 2.75) is 6.54 Å². The third-order valence-corrected chi connectivity index (χ3v) is 5.58. The second-order valence-corrected chi connectivity index (χ2v) is 7.59. The second kappa shape index (κ2) is 6.61. The number of hydrogen-bond donors (Lipinski definition) is 2. The van der Waals surface area contributed by atoms with Gasteiger partial charge in [-0.2, -0.15) is 0 Å². The summed E-state index contributed by atoms with van der Waals surface area (Å²) in [5, 5.41) is 6.18. The molecule has 0 spiro atoms. The first-order valence-electron chi connectivity index (χ1n) is 8.86. The fourth-order valence-corrected chi connectivity index (χ4v) is 4.06. The van der Waals surface area contributed by atoms with E-state index in [4.69, 9.17) is 0 Å². The van der Waals surface area contributed by atoms with Crippen LogP contribution in [0, 0.1) is 0 Å². The first-order valence-corrected chi connectivity index (χ1v) is 9.74. The minimum atomic E-state index is -0.241. The van der Waals surface area contributed by atoms with Crippen LogP contribution in [-0.2, 0) is 11.3 Å². The molecule has 28 heavy (non-hydrogen) atoms. The summed E-state index contributed by atoms with van der Waals surface area (Å²) in [6, 6.07) is 14.1. The molecule has 138 valence electrons. The van der Waals surface area contributed by atoms with Crippen LogP contribution < -0.4 is 5.32 Å². The molecule has 0 atom stereocenters. The average molecular weight is 388 g/mol. The molecule has 2 N–H and O–H groups in total. The van der Waals surface area contributed by atoms with Crippen molar-refractivity contribution in [1.82, 2.24) is 14.9 Å². The highest BCUT2D eigenvalue weighted by Crippen LogP contribution is 2.30. The summed E-state index contributed by atoms with van der Waals surface area (Å²) in [6.07, 6.45) is 3.54. The van der Waals surface area contributed by atoms with Crippen molar-refractivity contribution < 1.29 is 9.59 Å². The number of fused-ring (bicyclic) bond motifs is 2. The zero-order valence-corrected chi connectivity index (χ0v) is 15.6. The number of aromatic amines is 1. The smallest absolute Gasteiger partial charge is 0.254 e. The number of thiazole rings is 1. The molecule has 2 amide bonds. The number of aromatic nitrogens is 2. The fraction of sp³-hybridized carbons (Fsp3) is 0.0952. The quantitative estimate of drug-likeness (QED) is 0.557. The summed E-state index contributed by atoms with van der Waals surface area (Å²) in [7, 11) is 0. The Hall–Kier alpha value is -3.45. The number of rotatable bonds is 4. The number of carbonyl (C=O) groups excluding carboxylic acids is 2. The number of amides is 2. The predicted octanol–water partition coefficient (Wildman–Crippen LogP) is 3.89. The van der Waals surface area contributed by atoms with Crippen molar-refractivity contribution in [3.63, 3.8) is 0 Å². The number of carbonyl (C=O) groups is 2. The number of H-pyrrole nitrogens is 1. The van der Waals surface area contributed by atoms with Gasteiger partial charge in [-0.15, -0.1) is 11.3 Å². The average Bonchev–Trinajstić information content (AvgIpc) is 3.43. The first kappa shape index (κ1) is 16.7. The number of anilines is 1. The van der Waals surface area contributed by atoms with Gasteiger partial charge in [0.05, 0.1) is 0 Å². The number of nitrogens with one attached hydrogen (secondary N) is 2. The normalized spacial score (nSPS) is 13.1. The number of nitrogens with zero attached hydrogens (tertiary/aromatic N) is 2. The Morgan fingerprint density at radius 1 is 1.18 bits per heavy atom. The minimum absolute atomic E-state index is 0.0116. The summed E-state index contributed by atoms with van der Waals surface area (Å²) in [6.45, 7) is 0.453. The molecule has 4 aromatic rings. The Morgan fingerprint density at radius 2 is 2.04 bits per heavy atom. The van der Waals surface area contributed by atoms with E-state index in [1.165, 1.54) is 11.3 Å². The molecule has 5 rings (SSSR count). The van der Waals surface area contributed by atoms with E-state index in [0.29, 0.717) is 17.2 Å². The van der Waals surface area contributed by atoms with Gasteiger partial charge in [0.1, 0.15) is 6.54 Å². The minimum Gasteiger partial charge on any atom is -0.361 e. The van der Waals surface area contributed by atoms with E-state index in [-0.39, 0.29) is 18.4 Å². The molecule has 0 fully saturated rings. The fourth-order valence-electron chi connectivity index (χ4n) is 3.52. The van der Waals surface area contributed by atoms with Crippen molar-refractivity contribution in [1.29, 1.82) is 0 Å². The SMILES string of the molecule is O=C(CN1Cc2ccc(-c3ccc4[nH]ccc4c3)cc2C1=O)Nc1nccs1. The molecule has 1 aliphatic heterocycles. The zero-order valence-electron chi connectivity index (χ0n) is 14.8. The van der Waals surface area contributed by atoms with Crippen molar-refractivity contribution in [2.24, 2.45) is 0 Å². The molecule has 0 saturated heterocycles. The Labute approximate surface area is 164 Å². The summed E-state index contributed by atoms with van der Waals surface area (Å²) < 4.78 is 0. The van der Waals surface area contributed by atoms with Gasteiger partial charge in [-0.3, -0.25) is 9.59 Å². The van der Waals surface area contributed by atoms with Crippen LogP contribution in [0.3, 0.4) is 0 Å². The van der Waals surface area contributed by atoms with Crippen LogP contribution in [0.4, 0.5) is 5.13 Å². The number of hydrogen-bond acceptors (Lipinski definition) is 4. The van der Waals surface area contributed by atoms with Crippen LogP contribution in [0.5, 0.6) is 0 Å². The molecule has 1 aliphatic rings. The van der Waals surface area contributed by atoms with Gasteiger partial charge < -0.3 is 15.2 Å². The molecule has 3 heterocycles. The van der Waals surface area contributed by atoms with Gasteiger partial charge in [-0.05, 0) is 46.3 Å². The molecule has 0 unspecified atom stereocenters. The van der Waals surface area contributed by atoms with Crippen LogP contribution in [0.25, 0.3) is 22.0 Å². The Kier molecular flexibility index (Phi) is 3.95. The lowest BCUT2D eigenvalue weighted by Gasteiger charge is -2.14. The van der Waals surface area contributed by atoms with E-state index in [9.17, 15) is 9.59 Å². The van der Waals surface area contributed by atoms with Crippen molar-refractivity contribution >= 4 is 39.2 Å². The first-order chi connectivity index (χ1) is 13.7. The molecule has 0 saturated carbocycles. The Morgan fingerprint density at radius 3 is 2.89 bits per heavy atom.